The molecule has 4 aromatic rings. The fraction of sp³-hybridized carbons (Fsp3) is 0.100. The van der Waals surface area contributed by atoms with Crippen molar-refractivity contribution in [3.63, 3.8) is 0 Å². The zero-order valence-corrected chi connectivity index (χ0v) is 17.0. The van der Waals surface area contributed by atoms with Crippen LogP contribution in [0.25, 0.3) is 22.2 Å². The summed E-state index contributed by atoms with van der Waals surface area (Å²) >= 11 is 5.88. The average molecular weight is 484 g/mol. The molecule has 33 heavy (non-hydrogen) atoms. The topological polar surface area (TPSA) is 139 Å². The van der Waals surface area contributed by atoms with Crippen molar-refractivity contribution in [1.29, 1.82) is 0 Å². The second-order valence-electron chi connectivity index (χ2n) is 6.34. The molecule has 0 aliphatic carbocycles. The van der Waals surface area contributed by atoms with Crippen LogP contribution in [0.5, 0.6) is 5.75 Å². The van der Waals surface area contributed by atoms with E-state index in [1.807, 2.05) is 12.1 Å². The monoisotopic (exact) mass is 483 g/mol. The van der Waals surface area contributed by atoms with Crippen LogP contribution in [0.4, 0.5) is 13.2 Å². The number of carbonyl (C=O) groups is 2. The number of fused-ring (bicyclic) bond motifs is 1. The molecule has 2 aromatic heterocycles. The van der Waals surface area contributed by atoms with Gasteiger partial charge in [-0.05, 0) is 36.4 Å². The molecule has 0 aliphatic heterocycles. The quantitative estimate of drug-likeness (QED) is 0.368. The molecule has 2 aromatic carbocycles. The Labute approximate surface area is 187 Å². The minimum atomic E-state index is -5.08. The van der Waals surface area contributed by atoms with Crippen LogP contribution in [-0.2, 0) is 11.4 Å². The van der Waals surface area contributed by atoms with E-state index in [-0.39, 0.29) is 12.3 Å². The van der Waals surface area contributed by atoms with Gasteiger partial charge >= 0.3 is 18.1 Å². The Morgan fingerprint density at radius 2 is 1.79 bits per heavy atom. The molecule has 0 saturated heterocycles. The summed E-state index contributed by atoms with van der Waals surface area (Å²) in [4.78, 5) is 20.2. The first-order valence-electron chi connectivity index (χ1n) is 8.91. The number of aromatic carboxylic acids is 1. The summed E-state index contributed by atoms with van der Waals surface area (Å²) in [5, 5.41) is 27.9. The van der Waals surface area contributed by atoms with Crippen molar-refractivity contribution >= 4 is 34.4 Å². The zero-order valence-electron chi connectivity index (χ0n) is 16.3. The van der Waals surface area contributed by atoms with E-state index in [0.29, 0.717) is 33.1 Å². The van der Waals surface area contributed by atoms with Gasteiger partial charge in [-0.15, -0.1) is 0 Å². The number of benzene rings is 2. The molecule has 9 nitrogen and oxygen atoms in total. The van der Waals surface area contributed by atoms with Crippen LogP contribution in [-0.4, -0.2) is 43.7 Å². The summed E-state index contributed by atoms with van der Waals surface area (Å²) in [5.41, 5.74) is 1.92. The van der Waals surface area contributed by atoms with E-state index < -0.39 is 18.1 Å². The Morgan fingerprint density at radius 1 is 1.12 bits per heavy atom. The minimum Gasteiger partial charge on any atom is -0.486 e. The second-order valence-corrected chi connectivity index (χ2v) is 6.77. The molecule has 0 radical (unpaired) electrons. The van der Waals surface area contributed by atoms with Crippen molar-refractivity contribution in [3.05, 3.63) is 64.9 Å². The van der Waals surface area contributed by atoms with Crippen LogP contribution in [0.1, 0.15) is 16.2 Å². The van der Waals surface area contributed by atoms with Gasteiger partial charge in [-0.1, -0.05) is 22.8 Å². The van der Waals surface area contributed by atoms with E-state index in [1.165, 1.54) is 0 Å². The van der Waals surface area contributed by atoms with Crippen molar-refractivity contribution in [1.82, 2.24) is 15.4 Å². The highest BCUT2D eigenvalue weighted by Gasteiger charge is 2.38. The van der Waals surface area contributed by atoms with E-state index in [0.717, 1.165) is 5.56 Å². The van der Waals surface area contributed by atoms with Gasteiger partial charge in [0.05, 0.1) is 10.9 Å². The van der Waals surface area contributed by atoms with E-state index >= 15 is 0 Å². The van der Waals surface area contributed by atoms with Gasteiger partial charge in [-0.3, -0.25) is 5.10 Å². The first-order valence-corrected chi connectivity index (χ1v) is 9.29. The molecule has 0 bridgehead atoms. The zero-order chi connectivity index (χ0) is 24.2. The molecule has 13 heteroatoms. The summed E-state index contributed by atoms with van der Waals surface area (Å²) in [6.45, 7) is 0.125. The largest absolute Gasteiger partial charge is 0.490 e. The normalized spacial score (nSPS) is 11.0. The predicted octanol–water partition coefficient (Wildman–Crippen LogP) is 4.78. The Bertz CT molecular complexity index is 1280. The van der Waals surface area contributed by atoms with E-state index in [4.69, 9.17) is 30.8 Å². The van der Waals surface area contributed by atoms with Crippen molar-refractivity contribution < 1.29 is 42.2 Å². The van der Waals surface area contributed by atoms with Gasteiger partial charge in [0.15, 0.2) is 11.5 Å². The second kappa shape index (κ2) is 9.61. The summed E-state index contributed by atoms with van der Waals surface area (Å²) in [5.74, 6) is -2.89. The maximum Gasteiger partial charge on any atom is 0.490 e. The number of aromatic nitrogens is 3. The number of aliphatic carboxylic acids is 1. The Kier molecular flexibility index (Phi) is 6.87. The fourth-order valence-electron chi connectivity index (χ4n) is 2.60. The average Bonchev–Trinajstić information content (AvgIpc) is 3.40. The Morgan fingerprint density at radius 3 is 2.39 bits per heavy atom. The van der Waals surface area contributed by atoms with Crippen molar-refractivity contribution in [3.8, 4) is 17.1 Å². The summed E-state index contributed by atoms with van der Waals surface area (Å²) in [7, 11) is 0. The van der Waals surface area contributed by atoms with Gasteiger partial charge < -0.3 is 19.5 Å². The molecule has 3 N–H and O–H groups in total. The SMILES string of the molecule is O=C(O)C(F)(F)F.O=C(O)c1n[nH]c2cccc(OCc3cc(-c4ccc(Cl)cc4)on3)c12. The summed E-state index contributed by atoms with van der Waals surface area (Å²) in [6, 6.07) is 14.1. The lowest BCUT2D eigenvalue weighted by Gasteiger charge is -2.05. The maximum absolute atomic E-state index is 11.3. The highest BCUT2D eigenvalue weighted by atomic mass is 35.5. The third-order valence-corrected chi connectivity index (χ3v) is 4.31. The van der Waals surface area contributed by atoms with Crippen LogP contribution in [0.2, 0.25) is 5.02 Å². The lowest BCUT2D eigenvalue weighted by atomic mass is 10.1. The number of nitrogens with zero attached hydrogens (tertiary/aromatic N) is 2. The van der Waals surface area contributed by atoms with Gasteiger partial charge in [-0.25, -0.2) is 9.59 Å². The van der Waals surface area contributed by atoms with Crippen LogP contribution in [0, 0.1) is 0 Å². The lowest BCUT2D eigenvalue weighted by Crippen LogP contribution is -2.21. The maximum atomic E-state index is 11.3. The molecule has 4 rings (SSSR count). The first-order chi connectivity index (χ1) is 15.6. The van der Waals surface area contributed by atoms with Crippen molar-refractivity contribution in [2.45, 2.75) is 12.8 Å². The number of alkyl halides is 3. The molecule has 172 valence electrons. The van der Waals surface area contributed by atoms with Gasteiger partial charge in [0, 0.05) is 16.7 Å². The van der Waals surface area contributed by atoms with Gasteiger partial charge in [0.1, 0.15) is 18.1 Å². The van der Waals surface area contributed by atoms with Crippen LogP contribution in [0.3, 0.4) is 0 Å². The van der Waals surface area contributed by atoms with Gasteiger partial charge in [-0.2, -0.15) is 18.3 Å². The number of hydrogen-bond donors (Lipinski definition) is 3. The third kappa shape index (κ3) is 5.80. The lowest BCUT2D eigenvalue weighted by molar-refractivity contribution is -0.192. The van der Waals surface area contributed by atoms with E-state index in [1.54, 1.807) is 36.4 Å². The number of carboxylic acid groups (broad SMARTS) is 2. The summed E-state index contributed by atoms with van der Waals surface area (Å²) < 4.78 is 42.8. The number of halogens is 4. The number of ether oxygens (including phenoxy) is 1. The van der Waals surface area contributed by atoms with Gasteiger partial charge in [0.25, 0.3) is 0 Å². The standard InChI is InChI=1S/C18H12ClN3O4.C2HF3O2/c19-11-6-4-10(5-7-11)15-8-12(22-26-15)9-25-14-3-1-2-13-16(14)17(18(23)24)21-20-13;3-2(4,5)1(6)7/h1-8H,9H2,(H,20,21)(H,23,24);(H,6,7). The number of nitrogens with one attached hydrogen (secondary N) is 1. The first kappa shape index (κ1) is 23.6. The number of carboxylic acids is 2. The molecular weight excluding hydrogens is 471 g/mol. The minimum absolute atomic E-state index is 0.0855. The van der Waals surface area contributed by atoms with Crippen LogP contribution >= 0.6 is 11.6 Å². The summed E-state index contributed by atoms with van der Waals surface area (Å²) in [6.07, 6.45) is -5.08. The number of hydrogen-bond acceptors (Lipinski definition) is 6. The van der Waals surface area contributed by atoms with Crippen LogP contribution in [0.15, 0.2) is 53.1 Å². The van der Waals surface area contributed by atoms with Crippen molar-refractivity contribution in [2.24, 2.45) is 0 Å². The molecule has 0 unspecified atom stereocenters. The Hall–Kier alpha value is -4.06. The third-order valence-electron chi connectivity index (χ3n) is 4.06. The highest BCUT2D eigenvalue weighted by molar-refractivity contribution is 6.30. The van der Waals surface area contributed by atoms with Gasteiger partial charge in [0.2, 0.25) is 0 Å². The number of rotatable bonds is 5. The van der Waals surface area contributed by atoms with E-state index in [2.05, 4.69) is 15.4 Å². The Balaban J connectivity index is 0.000000383. The molecule has 0 saturated carbocycles. The highest BCUT2D eigenvalue weighted by Crippen LogP contribution is 2.29. The molecular formula is C20H13ClF3N3O6. The smallest absolute Gasteiger partial charge is 0.486 e. The molecule has 2 heterocycles. The number of aromatic amines is 1. The molecule has 0 aliphatic rings. The van der Waals surface area contributed by atoms with E-state index in [9.17, 15) is 23.1 Å². The number of H-pyrrole nitrogens is 1. The molecule has 0 fully saturated rings. The molecule has 0 spiro atoms. The molecule has 0 atom stereocenters. The molecule has 0 amide bonds. The van der Waals surface area contributed by atoms with Crippen molar-refractivity contribution in [2.75, 3.05) is 0 Å². The van der Waals surface area contributed by atoms with Crippen LogP contribution < -0.4 is 4.74 Å². The fourth-order valence-corrected chi connectivity index (χ4v) is 2.72. The predicted molar refractivity (Wildman–Crippen MR) is 108 cm³/mol.